The highest BCUT2D eigenvalue weighted by molar-refractivity contribution is 14.0. The van der Waals surface area contributed by atoms with Crippen molar-refractivity contribution in [2.75, 3.05) is 6.54 Å². The van der Waals surface area contributed by atoms with Crippen LogP contribution in [-0.4, -0.2) is 24.5 Å². The van der Waals surface area contributed by atoms with E-state index in [-0.39, 0.29) is 47.9 Å². The van der Waals surface area contributed by atoms with Gasteiger partial charge < -0.3 is 16.4 Å². The van der Waals surface area contributed by atoms with Gasteiger partial charge >= 0.3 is 0 Å². The molecule has 136 valence electrons. The lowest BCUT2D eigenvalue weighted by atomic mass is 10.1. The van der Waals surface area contributed by atoms with E-state index in [4.69, 9.17) is 28.9 Å². The van der Waals surface area contributed by atoms with Crippen LogP contribution >= 0.6 is 47.2 Å². The van der Waals surface area contributed by atoms with E-state index in [2.05, 4.69) is 15.6 Å². The molecule has 0 saturated carbocycles. The topological polar surface area (TPSA) is 79.5 Å². The Labute approximate surface area is 170 Å². The summed E-state index contributed by atoms with van der Waals surface area (Å²) in [7, 11) is 0. The highest BCUT2D eigenvalue weighted by Gasteiger charge is 2.11. The van der Waals surface area contributed by atoms with Gasteiger partial charge in [-0.2, -0.15) is 0 Å². The molecule has 0 aliphatic heterocycles. The average Bonchev–Trinajstić information content (AvgIpc) is 2.46. The molecule has 0 aromatic heterocycles. The summed E-state index contributed by atoms with van der Waals surface area (Å²) in [4.78, 5) is 15.8. The maximum Gasteiger partial charge on any atom is 0.222 e. The van der Waals surface area contributed by atoms with E-state index in [9.17, 15) is 4.79 Å². The van der Waals surface area contributed by atoms with Crippen LogP contribution in [0.3, 0.4) is 0 Å². The summed E-state index contributed by atoms with van der Waals surface area (Å²) in [6.45, 7) is 6.25. The first kappa shape index (κ1) is 23.3. The van der Waals surface area contributed by atoms with E-state index in [1.807, 2.05) is 26.8 Å². The first-order valence-electron chi connectivity index (χ1n) is 7.64. The van der Waals surface area contributed by atoms with Crippen molar-refractivity contribution in [2.45, 2.75) is 45.7 Å². The molecule has 1 rings (SSSR count). The number of nitrogens with zero attached hydrogens (tertiary/aromatic N) is 1. The Kier molecular flexibility index (Phi) is 11.4. The van der Waals surface area contributed by atoms with Crippen molar-refractivity contribution < 1.29 is 4.79 Å². The molecule has 1 aromatic rings. The van der Waals surface area contributed by atoms with Gasteiger partial charge in [-0.15, -0.1) is 24.0 Å². The number of nitrogens with two attached hydrogens (primary N) is 1. The Morgan fingerprint density at radius 1 is 1.29 bits per heavy atom. The number of rotatable bonds is 7. The van der Waals surface area contributed by atoms with E-state index in [1.165, 1.54) is 0 Å². The molecule has 2 atom stereocenters. The van der Waals surface area contributed by atoms with Crippen LogP contribution < -0.4 is 16.4 Å². The number of aliphatic imine (C=N–C) groups is 1. The van der Waals surface area contributed by atoms with Crippen LogP contribution in [0.1, 0.15) is 45.2 Å². The summed E-state index contributed by atoms with van der Waals surface area (Å²) < 4.78 is 0. The minimum atomic E-state index is -0.113. The van der Waals surface area contributed by atoms with E-state index >= 15 is 0 Å². The van der Waals surface area contributed by atoms with Crippen LogP contribution in [0, 0.1) is 0 Å². The number of carbonyl (C=O) groups is 1. The maximum absolute atomic E-state index is 11.6. The lowest BCUT2D eigenvalue weighted by Gasteiger charge is -2.16. The SMILES string of the molecule is CCC(C)NC(=O)CCN=C(N)NC(C)c1ccc(Cl)cc1Cl.I. The van der Waals surface area contributed by atoms with Crippen LogP contribution in [0.25, 0.3) is 0 Å². The third-order valence-electron chi connectivity index (χ3n) is 3.43. The van der Waals surface area contributed by atoms with Crippen LogP contribution in [-0.2, 0) is 4.79 Å². The second kappa shape index (κ2) is 11.8. The number of hydrogen-bond donors (Lipinski definition) is 3. The summed E-state index contributed by atoms with van der Waals surface area (Å²) in [6, 6.07) is 5.36. The predicted molar refractivity (Wildman–Crippen MR) is 112 cm³/mol. The van der Waals surface area contributed by atoms with E-state index in [0.717, 1.165) is 12.0 Å². The van der Waals surface area contributed by atoms with Crippen LogP contribution in [0.15, 0.2) is 23.2 Å². The largest absolute Gasteiger partial charge is 0.370 e. The fourth-order valence-corrected chi connectivity index (χ4v) is 2.50. The maximum atomic E-state index is 11.6. The van der Waals surface area contributed by atoms with Gasteiger partial charge in [-0.1, -0.05) is 36.2 Å². The van der Waals surface area contributed by atoms with Gasteiger partial charge in [0.05, 0.1) is 12.6 Å². The van der Waals surface area contributed by atoms with Crippen molar-refractivity contribution in [1.29, 1.82) is 0 Å². The Balaban J connectivity index is 0.00000529. The smallest absolute Gasteiger partial charge is 0.222 e. The van der Waals surface area contributed by atoms with E-state index < -0.39 is 0 Å². The average molecular weight is 487 g/mol. The number of hydrogen-bond acceptors (Lipinski definition) is 2. The summed E-state index contributed by atoms with van der Waals surface area (Å²) in [5.74, 6) is 0.254. The van der Waals surface area contributed by atoms with Crippen LogP contribution in [0.4, 0.5) is 0 Å². The molecular weight excluding hydrogens is 462 g/mol. The van der Waals surface area contributed by atoms with Crippen molar-refractivity contribution in [2.24, 2.45) is 10.7 Å². The number of amides is 1. The molecule has 24 heavy (non-hydrogen) atoms. The molecule has 0 saturated heterocycles. The quantitative estimate of drug-likeness (QED) is 0.311. The number of benzene rings is 1. The first-order valence-corrected chi connectivity index (χ1v) is 8.39. The number of guanidine groups is 1. The lowest BCUT2D eigenvalue weighted by molar-refractivity contribution is -0.121. The van der Waals surface area contributed by atoms with Crippen molar-refractivity contribution >= 4 is 59.0 Å². The molecule has 0 radical (unpaired) electrons. The third-order valence-corrected chi connectivity index (χ3v) is 4.00. The highest BCUT2D eigenvalue weighted by atomic mass is 127. The summed E-state index contributed by atoms with van der Waals surface area (Å²) in [5, 5.41) is 7.08. The molecule has 1 amide bonds. The molecule has 5 nitrogen and oxygen atoms in total. The van der Waals surface area contributed by atoms with Crippen molar-refractivity contribution in [1.82, 2.24) is 10.6 Å². The molecule has 2 unspecified atom stereocenters. The van der Waals surface area contributed by atoms with Gasteiger partial charge in [0.2, 0.25) is 5.91 Å². The molecule has 0 bridgehead atoms. The van der Waals surface area contributed by atoms with Crippen molar-refractivity contribution in [3.05, 3.63) is 33.8 Å². The molecule has 0 fully saturated rings. The molecule has 0 heterocycles. The van der Waals surface area contributed by atoms with Gasteiger partial charge in [0, 0.05) is 22.5 Å². The lowest BCUT2D eigenvalue weighted by Crippen LogP contribution is -2.35. The van der Waals surface area contributed by atoms with Gasteiger partial charge in [0.15, 0.2) is 5.96 Å². The Morgan fingerprint density at radius 3 is 2.54 bits per heavy atom. The second-order valence-corrected chi connectivity index (χ2v) is 6.27. The van der Waals surface area contributed by atoms with Gasteiger partial charge in [-0.05, 0) is 38.0 Å². The molecule has 0 aliphatic rings. The Hall–Kier alpha value is -0.730. The zero-order chi connectivity index (χ0) is 17.4. The zero-order valence-corrected chi connectivity index (χ0v) is 17.9. The molecular formula is C16H25Cl2IN4O. The van der Waals surface area contributed by atoms with Gasteiger partial charge in [0.25, 0.3) is 0 Å². The molecule has 1 aromatic carbocycles. The van der Waals surface area contributed by atoms with Gasteiger partial charge in [0.1, 0.15) is 0 Å². The number of carbonyl (C=O) groups excluding carboxylic acids is 1. The number of halogens is 3. The summed E-state index contributed by atoms with van der Waals surface area (Å²) in [6.07, 6.45) is 1.21. The monoisotopic (exact) mass is 486 g/mol. The minimum Gasteiger partial charge on any atom is -0.370 e. The first-order chi connectivity index (χ1) is 10.8. The van der Waals surface area contributed by atoms with E-state index in [0.29, 0.717) is 23.0 Å². The second-order valence-electron chi connectivity index (χ2n) is 5.43. The molecule has 4 N–H and O–H groups in total. The molecule has 0 spiro atoms. The van der Waals surface area contributed by atoms with Gasteiger partial charge in [-0.3, -0.25) is 9.79 Å². The van der Waals surface area contributed by atoms with Crippen molar-refractivity contribution in [3.63, 3.8) is 0 Å². The molecule has 8 heteroatoms. The van der Waals surface area contributed by atoms with Crippen LogP contribution in [0.2, 0.25) is 10.0 Å². The molecule has 0 aliphatic carbocycles. The number of nitrogens with one attached hydrogen (secondary N) is 2. The fourth-order valence-electron chi connectivity index (χ4n) is 1.92. The Bertz CT molecular complexity index is 569. The highest BCUT2D eigenvalue weighted by Crippen LogP contribution is 2.25. The van der Waals surface area contributed by atoms with Gasteiger partial charge in [-0.25, -0.2) is 0 Å². The van der Waals surface area contributed by atoms with Crippen LogP contribution in [0.5, 0.6) is 0 Å². The fraction of sp³-hybridized carbons (Fsp3) is 0.500. The minimum absolute atomic E-state index is 0. The third kappa shape index (κ3) is 8.39. The van der Waals surface area contributed by atoms with E-state index in [1.54, 1.807) is 12.1 Å². The predicted octanol–water partition coefficient (Wildman–Crippen LogP) is 3.88. The summed E-state index contributed by atoms with van der Waals surface area (Å²) in [5.41, 5.74) is 6.72. The standard InChI is InChI=1S/C16H24Cl2N4O.HI/c1-4-10(2)21-15(23)7-8-20-16(19)22-11(3)13-6-5-12(17)9-14(13)18;/h5-6,9-11H,4,7-8H2,1-3H3,(H,21,23)(H3,19,20,22);1H. The van der Waals surface area contributed by atoms with Crippen molar-refractivity contribution in [3.8, 4) is 0 Å². The summed E-state index contributed by atoms with van der Waals surface area (Å²) >= 11 is 12.0. The zero-order valence-electron chi connectivity index (χ0n) is 14.1. The Morgan fingerprint density at radius 2 is 1.96 bits per heavy atom. The normalized spacial score (nSPS) is 13.6.